The molecule has 0 saturated carbocycles. The van der Waals surface area contributed by atoms with Gasteiger partial charge in [0.1, 0.15) is 5.75 Å². The van der Waals surface area contributed by atoms with Gasteiger partial charge in [0, 0.05) is 13.1 Å². The molecule has 1 aliphatic heterocycles. The fourth-order valence-corrected chi connectivity index (χ4v) is 2.62. The quantitative estimate of drug-likeness (QED) is 0.893. The fraction of sp³-hybridized carbons (Fsp3) is 0.562. The molecule has 4 heteroatoms. The maximum Gasteiger partial charge on any atom is 0.226 e. The highest BCUT2D eigenvalue weighted by Gasteiger charge is 2.24. The summed E-state index contributed by atoms with van der Waals surface area (Å²) < 4.78 is 5.70. The van der Waals surface area contributed by atoms with Gasteiger partial charge in [0.25, 0.3) is 0 Å². The van der Waals surface area contributed by atoms with Gasteiger partial charge in [-0.05, 0) is 44.4 Å². The predicted molar refractivity (Wildman–Crippen MR) is 79.8 cm³/mol. The Kier molecular flexibility index (Phi) is 5.01. The van der Waals surface area contributed by atoms with Crippen LogP contribution in [0.1, 0.15) is 24.0 Å². The van der Waals surface area contributed by atoms with Crippen LogP contribution in [-0.4, -0.2) is 37.0 Å². The van der Waals surface area contributed by atoms with Crippen LogP contribution in [-0.2, 0) is 4.79 Å². The normalized spacial score (nSPS) is 18.4. The minimum atomic E-state index is 0.172. The molecule has 1 atom stereocenters. The molecule has 0 aromatic heterocycles. The van der Waals surface area contributed by atoms with Gasteiger partial charge in [0.2, 0.25) is 5.91 Å². The molecule has 1 amide bonds. The summed E-state index contributed by atoms with van der Waals surface area (Å²) in [6.07, 6.45) is 1.46. The van der Waals surface area contributed by atoms with Gasteiger partial charge < -0.3 is 15.4 Å². The van der Waals surface area contributed by atoms with E-state index >= 15 is 0 Å². The molecule has 4 nitrogen and oxygen atoms in total. The van der Waals surface area contributed by atoms with E-state index in [1.807, 2.05) is 24.0 Å². The Morgan fingerprint density at radius 3 is 2.90 bits per heavy atom. The lowest BCUT2D eigenvalue weighted by molar-refractivity contribution is -0.130. The molecule has 2 rings (SSSR count). The molecule has 1 heterocycles. The third-order valence-electron chi connectivity index (χ3n) is 3.88. The average Bonchev–Trinajstić information content (AvgIpc) is 2.90. The molecule has 1 aromatic rings. The lowest BCUT2D eigenvalue weighted by Crippen LogP contribution is -2.30. The van der Waals surface area contributed by atoms with Crippen LogP contribution in [0.3, 0.4) is 0 Å². The molecule has 1 fully saturated rings. The third kappa shape index (κ3) is 3.73. The number of nitrogens with zero attached hydrogens (tertiary/aromatic N) is 1. The van der Waals surface area contributed by atoms with Crippen molar-refractivity contribution in [2.45, 2.75) is 26.7 Å². The zero-order valence-corrected chi connectivity index (χ0v) is 12.4. The first kappa shape index (κ1) is 14.9. The Labute approximate surface area is 120 Å². The number of rotatable bonds is 5. The SMILES string of the molecule is Cc1ccc(OCCC(=O)N2CCC(CN)C2)c(C)c1. The highest BCUT2D eigenvalue weighted by molar-refractivity contribution is 5.76. The van der Waals surface area contributed by atoms with Crippen molar-refractivity contribution in [1.82, 2.24) is 4.90 Å². The number of hydrogen-bond donors (Lipinski definition) is 1. The smallest absolute Gasteiger partial charge is 0.226 e. The van der Waals surface area contributed by atoms with Crippen LogP contribution in [0.2, 0.25) is 0 Å². The number of benzene rings is 1. The Hall–Kier alpha value is -1.55. The van der Waals surface area contributed by atoms with E-state index in [1.54, 1.807) is 0 Å². The summed E-state index contributed by atoms with van der Waals surface area (Å²) in [5.74, 6) is 1.51. The first-order chi connectivity index (χ1) is 9.60. The number of nitrogens with two attached hydrogens (primary N) is 1. The van der Waals surface area contributed by atoms with E-state index in [-0.39, 0.29) is 5.91 Å². The van der Waals surface area contributed by atoms with Crippen molar-refractivity contribution in [2.24, 2.45) is 11.7 Å². The summed E-state index contributed by atoms with van der Waals surface area (Å²) in [6, 6.07) is 6.08. The molecule has 0 spiro atoms. The average molecular weight is 276 g/mol. The monoisotopic (exact) mass is 276 g/mol. The van der Waals surface area contributed by atoms with Crippen molar-refractivity contribution >= 4 is 5.91 Å². The maximum atomic E-state index is 12.0. The predicted octanol–water partition coefficient (Wildman–Crippen LogP) is 1.88. The lowest BCUT2D eigenvalue weighted by atomic mass is 10.1. The van der Waals surface area contributed by atoms with Crippen molar-refractivity contribution in [2.75, 3.05) is 26.2 Å². The summed E-state index contributed by atoms with van der Waals surface area (Å²) in [4.78, 5) is 13.9. The van der Waals surface area contributed by atoms with Crippen LogP contribution in [0, 0.1) is 19.8 Å². The second-order valence-electron chi connectivity index (χ2n) is 5.60. The largest absolute Gasteiger partial charge is 0.493 e. The molecule has 1 aromatic carbocycles. The number of carbonyl (C=O) groups excluding carboxylic acids is 1. The van der Waals surface area contributed by atoms with Crippen molar-refractivity contribution < 1.29 is 9.53 Å². The molecular weight excluding hydrogens is 252 g/mol. The van der Waals surface area contributed by atoms with Crippen molar-refractivity contribution in [3.05, 3.63) is 29.3 Å². The zero-order valence-electron chi connectivity index (χ0n) is 12.4. The number of likely N-dealkylation sites (tertiary alicyclic amines) is 1. The van der Waals surface area contributed by atoms with Crippen LogP contribution in [0.5, 0.6) is 5.75 Å². The molecule has 1 saturated heterocycles. The topological polar surface area (TPSA) is 55.6 Å². The van der Waals surface area contributed by atoms with E-state index in [0.29, 0.717) is 25.5 Å². The standard InChI is InChI=1S/C16H24N2O2/c1-12-3-4-15(13(2)9-12)20-8-6-16(19)18-7-5-14(10-17)11-18/h3-4,9,14H,5-8,10-11,17H2,1-2H3. The highest BCUT2D eigenvalue weighted by atomic mass is 16.5. The number of aryl methyl sites for hydroxylation is 2. The number of hydrogen-bond acceptors (Lipinski definition) is 3. The van der Waals surface area contributed by atoms with Gasteiger partial charge in [0.15, 0.2) is 0 Å². The molecule has 0 aliphatic carbocycles. The molecule has 1 aliphatic rings. The van der Waals surface area contributed by atoms with Crippen LogP contribution in [0.15, 0.2) is 18.2 Å². The van der Waals surface area contributed by atoms with Crippen molar-refractivity contribution in [3.8, 4) is 5.75 Å². The second kappa shape index (κ2) is 6.75. The molecule has 2 N–H and O–H groups in total. The summed E-state index contributed by atoms with van der Waals surface area (Å²) in [5.41, 5.74) is 7.97. The van der Waals surface area contributed by atoms with E-state index in [1.165, 1.54) is 5.56 Å². The Morgan fingerprint density at radius 1 is 1.45 bits per heavy atom. The number of amides is 1. The van der Waals surface area contributed by atoms with E-state index < -0.39 is 0 Å². The molecule has 0 bridgehead atoms. The third-order valence-corrected chi connectivity index (χ3v) is 3.88. The van der Waals surface area contributed by atoms with E-state index in [9.17, 15) is 4.79 Å². The van der Waals surface area contributed by atoms with Crippen LogP contribution >= 0.6 is 0 Å². The van der Waals surface area contributed by atoms with Gasteiger partial charge in [-0.3, -0.25) is 4.79 Å². The Balaban J connectivity index is 1.77. The Bertz CT molecular complexity index is 474. The van der Waals surface area contributed by atoms with Crippen LogP contribution in [0.4, 0.5) is 0 Å². The molecular formula is C16H24N2O2. The number of carbonyl (C=O) groups is 1. The second-order valence-corrected chi connectivity index (χ2v) is 5.60. The summed E-state index contributed by atoms with van der Waals surface area (Å²) >= 11 is 0. The zero-order chi connectivity index (χ0) is 14.5. The van der Waals surface area contributed by atoms with E-state index in [2.05, 4.69) is 13.0 Å². The van der Waals surface area contributed by atoms with Gasteiger partial charge in [-0.15, -0.1) is 0 Å². The van der Waals surface area contributed by atoms with Crippen molar-refractivity contribution in [3.63, 3.8) is 0 Å². The van der Waals surface area contributed by atoms with Gasteiger partial charge in [0.05, 0.1) is 13.0 Å². The fourth-order valence-electron chi connectivity index (χ4n) is 2.62. The van der Waals surface area contributed by atoms with Crippen LogP contribution < -0.4 is 10.5 Å². The van der Waals surface area contributed by atoms with Crippen LogP contribution in [0.25, 0.3) is 0 Å². The van der Waals surface area contributed by atoms with Gasteiger partial charge in [-0.1, -0.05) is 17.7 Å². The van der Waals surface area contributed by atoms with E-state index in [0.717, 1.165) is 30.8 Å². The van der Waals surface area contributed by atoms with Gasteiger partial charge >= 0.3 is 0 Å². The van der Waals surface area contributed by atoms with Gasteiger partial charge in [-0.25, -0.2) is 0 Å². The first-order valence-corrected chi connectivity index (χ1v) is 7.28. The minimum Gasteiger partial charge on any atom is -0.493 e. The Morgan fingerprint density at radius 2 is 2.25 bits per heavy atom. The first-order valence-electron chi connectivity index (χ1n) is 7.28. The minimum absolute atomic E-state index is 0.172. The highest BCUT2D eigenvalue weighted by Crippen LogP contribution is 2.19. The summed E-state index contributed by atoms with van der Waals surface area (Å²) in [5, 5.41) is 0. The van der Waals surface area contributed by atoms with E-state index in [4.69, 9.17) is 10.5 Å². The lowest BCUT2D eigenvalue weighted by Gasteiger charge is -2.16. The maximum absolute atomic E-state index is 12.0. The molecule has 1 unspecified atom stereocenters. The molecule has 20 heavy (non-hydrogen) atoms. The summed E-state index contributed by atoms with van der Waals surface area (Å²) in [6.45, 7) is 6.83. The molecule has 110 valence electrons. The van der Waals surface area contributed by atoms with Gasteiger partial charge in [-0.2, -0.15) is 0 Å². The summed E-state index contributed by atoms with van der Waals surface area (Å²) in [7, 11) is 0. The molecule has 0 radical (unpaired) electrons. The number of ether oxygens (including phenoxy) is 1. The van der Waals surface area contributed by atoms with Crippen molar-refractivity contribution in [1.29, 1.82) is 0 Å².